The summed E-state index contributed by atoms with van der Waals surface area (Å²) in [6.45, 7) is 1.09. The number of hydrogen-bond acceptors (Lipinski definition) is 2. The molecule has 72 valence electrons. The van der Waals surface area contributed by atoms with E-state index in [-0.39, 0.29) is 0 Å². The first-order chi connectivity index (χ1) is 6.29. The molecule has 0 bridgehead atoms. The Morgan fingerprint density at radius 2 is 2.46 bits per heavy atom. The van der Waals surface area contributed by atoms with Crippen LogP contribution < -0.4 is 5.32 Å². The highest BCUT2D eigenvalue weighted by molar-refractivity contribution is 6.31. The van der Waals surface area contributed by atoms with Crippen molar-refractivity contribution in [3.05, 3.63) is 16.9 Å². The summed E-state index contributed by atoms with van der Waals surface area (Å²) in [5.74, 6) is 0. The highest BCUT2D eigenvalue weighted by Crippen LogP contribution is 2.27. The van der Waals surface area contributed by atoms with E-state index < -0.39 is 0 Å². The first kappa shape index (κ1) is 9.03. The maximum Gasteiger partial charge on any atom is 0.0833 e. The lowest BCUT2D eigenvalue weighted by atomic mass is 10.0. The molecule has 0 spiro atoms. The zero-order valence-corrected chi connectivity index (χ0v) is 8.51. The van der Waals surface area contributed by atoms with Crippen LogP contribution in [0.4, 0.5) is 0 Å². The lowest BCUT2D eigenvalue weighted by Crippen LogP contribution is -2.28. The fraction of sp³-hybridized carbons (Fsp3) is 0.667. The van der Waals surface area contributed by atoms with Crippen LogP contribution in [0.25, 0.3) is 0 Å². The van der Waals surface area contributed by atoms with E-state index in [1.807, 2.05) is 11.7 Å². The van der Waals surface area contributed by atoms with Gasteiger partial charge in [0.05, 0.1) is 23.0 Å². The summed E-state index contributed by atoms with van der Waals surface area (Å²) in [5, 5.41) is 8.37. The smallest absolute Gasteiger partial charge is 0.0833 e. The molecule has 0 aromatic carbocycles. The predicted octanol–water partition coefficient (Wildman–Crippen LogP) is 1.89. The molecule has 1 N–H and O–H groups in total. The number of piperidine rings is 1. The second kappa shape index (κ2) is 3.68. The maximum atomic E-state index is 6.06. The molecule has 0 radical (unpaired) electrons. The van der Waals surface area contributed by atoms with Crippen LogP contribution in [0.3, 0.4) is 0 Å². The van der Waals surface area contributed by atoms with E-state index in [9.17, 15) is 0 Å². The summed E-state index contributed by atoms with van der Waals surface area (Å²) < 4.78 is 1.87. The van der Waals surface area contributed by atoms with Crippen molar-refractivity contribution in [1.29, 1.82) is 0 Å². The van der Waals surface area contributed by atoms with Crippen LogP contribution in [0.15, 0.2) is 6.20 Å². The minimum Gasteiger partial charge on any atom is -0.309 e. The Morgan fingerprint density at radius 1 is 1.62 bits per heavy atom. The van der Waals surface area contributed by atoms with Gasteiger partial charge in [-0.25, -0.2) is 0 Å². The molecular formula is C9H14ClN3. The SMILES string of the molecule is Cn1ncc(Cl)c1C1CCCCN1. The third-order valence-corrected chi connectivity index (χ3v) is 2.87. The van der Waals surface area contributed by atoms with E-state index in [0.717, 1.165) is 17.3 Å². The van der Waals surface area contributed by atoms with Gasteiger partial charge in [-0.1, -0.05) is 18.0 Å². The van der Waals surface area contributed by atoms with Crippen LogP contribution in [0.2, 0.25) is 5.02 Å². The van der Waals surface area contributed by atoms with Crippen LogP contribution in [-0.2, 0) is 7.05 Å². The highest BCUT2D eigenvalue weighted by atomic mass is 35.5. The Morgan fingerprint density at radius 3 is 3.00 bits per heavy atom. The van der Waals surface area contributed by atoms with E-state index in [0.29, 0.717) is 6.04 Å². The Bertz CT molecular complexity index is 270. The molecule has 2 heterocycles. The fourth-order valence-corrected chi connectivity index (χ4v) is 2.20. The molecule has 4 heteroatoms. The van der Waals surface area contributed by atoms with Crippen molar-refractivity contribution in [3.63, 3.8) is 0 Å². The molecule has 1 aliphatic heterocycles. The summed E-state index contributed by atoms with van der Waals surface area (Å²) >= 11 is 6.06. The molecule has 1 unspecified atom stereocenters. The van der Waals surface area contributed by atoms with Gasteiger partial charge in [0.1, 0.15) is 0 Å². The predicted molar refractivity (Wildman–Crippen MR) is 52.8 cm³/mol. The number of aromatic nitrogens is 2. The Hall–Kier alpha value is -0.540. The maximum absolute atomic E-state index is 6.06. The quantitative estimate of drug-likeness (QED) is 0.749. The molecule has 1 saturated heterocycles. The zero-order valence-electron chi connectivity index (χ0n) is 7.76. The average Bonchev–Trinajstić information content (AvgIpc) is 2.48. The zero-order chi connectivity index (χ0) is 9.26. The topological polar surface area (TPSA) is 29.9 Å². The molecule has 1 aliphatic rings. The summed E-state index contributed by atoms with van der Waals surface area (Å²) in [7, 11) is 1.94. The van der Waals surface area contributed by atoms with Gasteiger partial charge in [0.25, 0.3) is 0 Å². The van der Waals surface area contributed by atoms with E-state index >= 15 is 0 Å². The first-order valence-corrected chi connectivity index (χ1v) is 5.07. The molecular weight excluding hydrogens is 186 g/mol. The van der Waals surface area contributed by atoms with Crippen LogP contribution in [-0.4, -0.2) is 16.3 Å². The number of nitrogens with zero attached hydrogens (tertiary/aromatic N) is 2. The number of rotatable bonds is 1. The van der Waals surface area contributed by atoms with Gasteiger partial charge >= 0.3 is 0 Å². The van der Waals surface area contributed by atoms with Crippen LogP contribution in [0.1, 0.15) is 31.0 Å². The lowest BCUT2D eigenvalue weighted by molar-refractivity contribution is 0.394. The van der Waals surface area contributed by atoms with E-state index in [2.05, 4.69) is 10.4 Å². The molecule has 1 fully saturated rings. The fourth-order valence-electron chi connectivity index (χ4n) is 1.90. The molecule has 3 nitrogen and oxygen atoms in total. The minimum absolute atomic E-state index is 0.397. The second-order valence-electron chi connectivity index (χ2n) is 3.50. The average molecular weight is 200 g/mol. The standard InChI is InChI=1S/C9H14ClN3/c1-13-9(7(10)6-12-13)8-4-2-3-5-11-8/h6,8,11H,2-5H2,1H3. The third kappa shape index (κ3) is 1.71. The molecule has 1 aromatic rings. The van der Waals surface area contributed by atoms with Crippen molar-refractivity contribution in [1.82, 2.24) is 15.1 Å². The Balaban J connectivity index is 2.22. The van der Waals surface area contributed by atoms with Gasteiger partial charge in [-0.15, -0.1) is 0 Å². The number of halogens is 1. The third-order valence-electron chi connectivity index (χ3n) is 2.58. The van der Waals surface area contributed by atoms with Gasteiger partial charge < -0.3 is 5.32 Å². The number of aryl methyl sites for hydroxylation is 1. The Labute approximate surface area is 83.1 Å². The van der Waals surface area contributed by atoms with Crippen molar-refractivity contribution in [3.8, 4) is 0 Å². The molecule has 0 aliphatic carbocycles. The largest absolute Gasteiger partial charge is 0.309 e. The minimum atomic E-state index is 0.397. The van der Waals surface area contributed by atoms with Gasteiger partial charge in [0.15, 0.2) is 0 Å². The highest BCUT2D eigenvalue weighted by Gasteiger charge is 2.20. The van der Waals surface area contributed by atoms with Crippen molar-refractivity contribution in [2.45, 2.75) is 25.3 Å². The van der Waals surface area contributed by atoms with Crippen molar-refractivity contribution >= 4 is 11.6 Å². The van der Waals surface area contributed by atoms with Crippen LogP contribution >= 0.6 is 11.6 Å². The monoisotopic (exact) mass is 199 g/mol. The normalized spacial score (nSPS) is 23.4. The van der Waals surface area contributed by atoms with Crippen molar-refractivity contribution in [2.75, 3.05) is 6.54 Å². The van der Waals surface area contributed by atoms with Gasteiger partial charge in [-0.3, -0.25) is 4.68 Å². The Kier molecular flexibility index (Phi) is 2.56. The van der Waals surface area contributed by atoms with E-state index in [1.54, 1.807) is 6.20 Å². The van der Waals surface area contributed by atoms with Gasteiger partial charge in [-0.2, -0.15) is 5.10 Å². The van der Waals surface area contributed by atoms with E-state index in [4.69, 9.17) is 11.6 Å². The molecule has 1 aromatic heterocycles. The van der Waals surface area contributed by atoms with Gasteiger partial charge in [0, 0.05) is 7.05 Å². The van der Waals surface area contributed by atoms with Crippen molar-refractivity contribution < 1.29 is 0 Å². The van der Waals surface area contributed by atoms with Gasteiger partial charge in [0.2, 0.25) is 0 Å². The van der Waals surface area contributed by atoms with E-state index in [1.165, 1.54) is 19.3 Å². The first-order valence-electron chi connectivity index (χ1n) is 4.70. The van der Waals surface area contributed by atoms with Crippen molar-refractivity contribution in [2.24, 2.45) is 7.05 Å². The van der Waals surface area contributed by atoms with Crippen LogP contribution in [0, 0.1) is 0 Å². The molecule has 0 saturated carbocycles. The van der Waals surface area contributed by atoms with Gasteiger partial charge in [-0.05, 0) is 19.4 Å². The second-order valence-corrected chi connectivity index (χ2v) is 3.91. The summed E-state index contributed by atoms with van der Waals surface area (Å²) in [4.78, 5) is 0. The summed E-state index contributed by atoms with van der Waals surface area (Å²) in [5.41, 5.74) is 1.13. The lowest BCUT2D eigenvalue weighted by Gasteiger charge is -2.23. The summed E-state index contributed by atoms with van der Waals surface area (Å²) in [6, 6.07) is 0.397. The molecule has 13 heavy (non-hydrogen) atoms. The summed E-state index contributed by atoms with van der Waals surface area (Å²) in [6.07, 6.45) is 5.43. The number of hydrogen-bond donors (Lipinski definition) is 1. The molecule has 1 atom stereocenters. The van der Waals surface area contributed by atoms with Crippen LogP contribution in [0.5, 0.6) is 0 Å². The number of nitrogens with one attached hydrogen (secondary N) is 1. The molecule has 0 amide bonds. The molecule has 2 rings (SSSR count).